The van der Waals surface area contributed by atoms with Crippen LogP contribution in [-0.4, -0.2) is 56.9 Å². The summed E-state index contributed by atoms with van der Waals surface area (Å²) in [6, 6.07) is 10.6. The minimum atomic E-state index is -0.428. The van der Waals surface area contributed by atoms with Gasteiger partial charge in [0.1, 0.15) is 5.69 Å². The number of likely N-dealkylation sites (tertiary alicyclic amines) is 1. The van der Waals surface area contributed by atoms with Crippen LogP contribution in [0.5, 0.6) is 0 Å². The first-order valence-electron chi connectivity index (χ1n) is 11.7. The van der Waals surface area contributed by atoms with E-state index in [0.717, 1.165) is 36.4 Å². The number of non-ortho nitro benzene ring substituents is 1. The molecular weight excluding hydrogens is 432 g/mol. The molecule has 0 bridgehead atoms. The number of nitrogens with one attached hydrogen (secondary N) is 2. The number of nitro groups is 1. The van der Waals surface area contributed by atoms with E-state index >= 15 is 0 Å². The summed E-state index contributed by atoms with van der Waals surface area (Å²) in [6.45, 7) is 10.6. The summed E-state index contributed by atoms with van der Waals surface area (Å²) in [6.07, 6.45) is 3.51. The second-order valence-corrected chi connectivity index (χ2v) is 9.77. The first-order chi connectivity index (χ1) is 16.2. The number of rotatable bonds is 6. The topological polar surface area (TPSA) is 107 Å². The number of pyridine rings is 1. The third-order valence-corrected chi connectivity index (χ3v) is 6.15. The Morgan fingerprint density at radius 3 is 2.65 bits per heavy atom. The van der Waals surface area contributed by atoms with Crippen LogP contribution in [0.25, 0.3) is 10.9 Å². The molecule has 1 aliphatic heterocycles. The van der Waals surface area contributed by atoms with E-state index < -0.39 is 4.92 Å². The number of anilines is 2. The van der Waals surface area contributed by atoms with Crippen molar-refractivity contribution in [3.05, 3.63) is 58.4 Å². The molecule has 1 saturated heterocycles. The Hall–Kier alpha value is -3.62. The summed E-state index contributed by atoms with van der Waals surface area (Å²) in [5.74, 6) is 0.871. The molecular formula is C25H32N6O3. The van der Waals surface area contributed by atoms with Gasteiger partial charge in [0.15, 0.2) is 5.82 Å². The molecule has 0 saturated carbocycles. The molecule has 1 aliphatic rings. The van der Waals surface area contributed by atoms with Gasteiger partial charge in [-0.05, 0) is 64.8 Å². The lowest BCUT2D eigenvalue weighted by Crippen LogP contribution is -2.47. The highest BCUT2D eigenvalue weighted by molar-refractivity contribution is 5.98. The number of nitro benzene ring substituents is 1. The van der Waals surface area contributed by atoms with Gasteiger partial charge in [-0.15, -0.1) is 0 Å². The van der Waals surface area contributed by atoms with Crippen molar-refractivity contribution in [2.24, 2.45) is 0 Å². The van der Waals surface area contributed by atoms with Crippen LogP contribution < -0.4 is 10.2 Å². The summed E-state index contributed by atoms with van der Waals surface area (Å²) >= 11 is 0. The average molecular weight is 465 g/mol. The summed E-state index contributed by atoms with van der Waals surface area (Å²) in [5, 5.41) is 15.3. The summed E-state index contributed by atoms with van der Waals surface area (Å²) in [4.78, 5) is 35.7. The number of amides is 1. The predicted octanol–water partition coefficient (Wildman–Crippen LogP) is 4.81. The summed E-state index contributed by atoms with van der Waals surface area (Å²) < 4.78 is 0. The monoisotopic (exact) mass is 464 g/mol. The summed E-state index contributed by atoms with van der Waals surface area (Å²) in [5.41, 5.74) is 2.13. The van der Waals surface area contributed by atoms with Crippen LogP contribution in [0.1, 0.15) is 51.0 Å². The molecule has 0 aliphatic carbocycles. The van der Waals surface area contributed by atoms with E-state index in [9.17, 15) is 14.9 Å². The molecule has 3 aromatic rings. The standard InChI is InChI=1S/C25H32N6O3/c1-5-30(23-21(7-6-12-26-23)28-25(2,3)4)18-10-13-29(14-11-18)24(32)22-16-17-15-19(31(33)34)8-9-20(17)27-22/h6-9,12,15-16,18,27-28H,5,10-11,13-14H2,1-4H3. The zero-order valence-corrected chi connectivity index (χ0v) is 20.2. The van der Waals surface area contributed by atoms with E-state index in [1.54, 1.807) is 12.1 Å². The van der Waals surface area contributed by atoms with E-state index in [1.807, 2.05) is 17.2 Å². The van der Waals surface area contributed by atoms with Crippen LogP contribution in [0.3, 0.4) is 0 Å². The minimum Gasteiger partial charge on any atom is -0.377 e. The average Bonchev–Trinajstić information content (AvgIpc) is 3.23. The molecule has 34 heavy (non-hydrogen) atoms. The third-order valence-electron chi connectivity index (χ3n) is 6.15. The molecule has 0 radical (unpaired) electrons. The second kappa shape index (κ2) is 9.32. The van der Waals surface area contributed by atoms with Gasteiger partial charge in [-0.25, -0.2) is 4.98 Å². The number of carbonyl (C=O) groups is 1. The van der Waals surface area contributed by atoms with Gasteiger partial charge in [-0.1, -0.05) is 0 Å². The van der Waals surface area contributed by atoms with Gasteiger partial charge < -0.3 is 20.1 Å². The van der Waals surface area contributed by atoms with Crippen molar-refractivity contribution in [2.75, 3.05) is 29.9 Å². The molecule has 2 N–H and O–H groups in total. The fourth-order valence-electron chi connectivity index (χ4n) is 4.61. The quantitative estimate of drug-likeness (QED) is 0.400. The lowest BCUT2D eigenvalue weighted by molar-refractivity contribution is -0.384. The summed E-state index contributed by atoms with van der Waals surface area (Å²) in [7, 11) is 0. The minimum absolute atomic E-state index is 0.0146. The SMILES string of the molecule is CCN(c1ncccc1NC(C)(C)C)C1CCN(C(=O)c2cc3cc([N+](=O)[O-])ccc3[nH]2)CC1. The van der Waals surface area contributed by atoms with Crippen molar-refractivity contribution < 1.29 is 9.72 Å². The number of carbonyl (C=O) groups excluding carboxylic acids is 1. The number of H-pyrrole nitrogens is 1. The third kappa shape index (κ3) is 4.98. The Morgan fingerprint density at radius 1 is 1.26 bits per heavy atom. The molecule has 9 heteroatoms. The van der Waals surface area contributed by atoms with E-state index in [1.165, 1.54) is 12.1 Å². The second-order valence-electron chi connectivity index (χ2n) is 9.77. The number of piperidine rings is 1. The molecule has 0 spiro atoms. The van der Waals surface area contributed by atoms with Crippen LogP contribution in [0.2, 0.25) is 0 Å². The first-order valence-corrected chi connectivity index (χ1v) is 11.7. The van der Waals surface area contributed by atoms with Crippen molar-refractivity contribution in [3.63, 3.8) is 0 Å². The van der Waals surface area contributed by atoms with Gasteiger partial charge in [-0.3, -0.25) is 14.9 Å². The molecule has 3 heterocycles. The molecule has 9 nitrogen and oxygen atoms in total. The van der Waals surface area contributed by atoms with Gasteiger partial charge in [0.05, 0.1) is 10.6 Å². The fraction of sp³-hybridized carbons (Fsp3) is 0.440. The van der Waals surface area contributed by atoms with E-state index in [2.05, 4.69) is 53.9 Å². The van der Waals surface area contributed by atoms with Gasteiger partial charge in [0, 0.05) is 60.4 Å². The maximum Gasteiger partial charge on any atom is 0.270 e. The van der Waals surface area contributed by atoms with Crippen LogP contribution in [0.4, 0.5) is 17.2 Å². The smallest absolute Gasteiger partial charge is 0.270 e. The zero-order valence-electron chi connectivity index (χ0n) is 20.2. The highest BCUT2D eigenvalue weighted by Gasteiger charge is 2.29. The number of aromatic nitrogens is 2. The first kappa shape index (κ1) is 23.5. The number of hydrogen-bond donors (Lipinski definition) is 2. The number of nitrogens with zero attached hydrogens (tertiary/aromatic N) is 4. The van der Waals surface area contributed by atoms with Gasteiger partial charge in [0.2, 0.25) is 0 Å². The molecule has 0 atom stereocenters. The van der Waals surface area contributed by atoms with Crippen molar-refractivity contribution in [2.45, 2.75) is 52.1 Å². The number of benzene rings is 1. The molecule has 1 amide bonds. The molecule has 1 fully saturated rings. The molecule has 180 valence electrons. The molecule has 4 rings (SSSR count). The zero-order chi connectivity index (χ0) is 24.5. The maximum atomic E-state index is 13.1. The van der Waals surface area contributed by atoms with Crippen molar-refractivity contribution in [1.82, 2.24) is 14.9 Å². The lowest BCUT2D eigenvalue weighted by Gasteiger charge is -2.39. The van der Waals surface area contributed by atoms with Crippen LogP contribution in [0, 0.1) is 10.1 Å². The fourth-order valence-corrected chi connectivity index (χ4v) is 4.61. The predicted molar refractivity (Wildman–Crippen MR) is 135 cm³/mol. The highest BCUT2D eigenvalue weighted by Crippen LogP contribution is 2.30. The van der Waals surface area contributed by atoms with E-state index in [4.69, 9.17) is 0 Å². The Bertz CT molecular complexity index is 1190. The Labute approximate surface area is 199 Å². The number of hydrogen-bond acceptors (Lipinski definition) is 6. The number of fused-ring (bicyclic) bond motifs is 1. The van der Waals surface area contributed by atoms with Gasteiger partial charge >= 0.3 is 0 Å². The van der Waals surface area contributed by atoms with Crippen LogP contribution in [0.15, 0.2) is 42.6 Å². The maximum absolute atomic E-state index is 13.1. The molecule has 0 unspecified atom stereocenters. The van der Waals surface area contributed by atoms with Crippen molar-refractivity contribution in [1.29, 1.82) is 0 Å². The molecule has 2 aromatic heterocycles. The van der Waals surface area contributed by atoms with Crippen molar-refractivity contribution >= 4 is 34.0 Å². The van der Waals surface area contributed by atoms with Crippen LogP contribution in [-0.2, 0) is 0 Å². The molecule has 1 aromatic carbocycles. The van der Waals surface area contributed by atoms with E-state index in [-0.39, 0.29) is 23.2 Å². The van der Waals surface area contributed by atoms with Crippen LogP contribution >= 0.6 is 0 Å². The van der Waals surface area contributed by atoms with Gasteiger partial charge in [0.25, 0.3) is 11.6 Å². The highest BCUT2D eigenvalue weighted by atomic mass is 16.6. The van der Waals surface area contributed by atoms with E-state index in [0.29, 0.717) is 24.2 Å². The van der Waals surface area contributed by atoms with Crippen molar-refractivity contribution in [3.8, 4) is 0 Å². The largest absolute Gasteiger partial charge is 0.377 e. The lowest BCUT2D eigenvalue weighted by atomic mass is 10.0. The Balaban J connectivity index is 1.46. The Morgan fingerprint density at radius 2 is 2.00 bits per heavy atom. The normalized spacial score (nSPS) is 14.9. The Kier molecular flexibility index (Phi) is 6.45. The number of aromatic amines is 1. The van der Waals surface area contributed by atoms with Gasteiger partial charge in [-0.2, -0.15) is 0 Å².